The van der Waals surface area contributed by atoms with E-state index in [4.69, 9.17) is 9.47 Å². The monoisotopic (exact) mass is 374 g/mol. The van der Waals surface area contributed by atoms with Crippen LogP contribution in [0.2, 0.25) is 0 Å². The van der Waals surface area contributed by atoms with Crippen LogP contribution in [0.4, 0.5) is 0 Å². The Labute approximate surface area is 130 Å². The third-order valence-electron chi connectivity index (χ3n) is 2.79. The van der Waals surface area contributed by atoms with Crippen molar-refractivity contribution in [1.82, 2.24) is 0 Å². The lowest BCUT2D eigenvalue weighted by molar-refractivity contribution is -0.0940. The molecule has 2 nitrogen and oxygen atoms in total. The molecular formula is C16H23IO2. The van der Waals surface area contributed by atoms with Crippen molar-refractivity contribution in [3.8, 4) is 5.75 Å². The molecule has 19 heavy (non-hydrogen) atoms. The summed E-state index contributed by atoms with van der Waals surface area (Å²) in [4.78, 5) is 0. The number of rotatable bonds is 9. The number of hydrogen-bond acceptors (Lipinski definition) is 2. The second-order valence-corrected chi connectivity index (χ2v) is 5.21. The fourth-order valence-electron chi connectivity index (χ4n) is 1.85. The number of ether oxygens (including phenoxy) is 2. The third-order valence-corrected chi connectivity index (χ3v) is 3.21. The first kappa shape index (κ1) is 16.5. The molecule has 1 aromatic rings. The van der Waals surface area contributed by atoms with Gasteiger partial charge >= 0.3 is 0 Å². The summed E-state index contributed by atoms with van der Waals surface area (Å²) in [5, 5.41) is 0. The highest BCUT2D eigenvalue weighted by molar-refractivity contribution is 14.1. The summed E-state index contributed by atoms with van der Waals surface area (Å²) in [6.45, 7) is 4.16. The van der Waals surface area contributed by atoms with Gasteiger partial charge in [0.1, 0.15) is 5.75 Å². The van der Waals surface area contributed by atoms with Crippen LogP contribution in [0, 0.1) is 0 Å². The van der Waals surface area contributed by atoms with E-state index in [1.807, 2.05) is 41.3 Å². The summed E-state index contributed by atoms with van der Waals surface area (Å²) in [5.41, 5.74) is 0. The molecule has 0 aliphatic heterocycles. The Morgan fingerprint density at radius 1 is 1.21 bits per heavy atom. The molecule has 0 aromatic heterocycles. The van der Waals surface area contributed by atoms with Crippen LogP contribution in [0.5, 0.6) is 5.75 Å². The second-order valence-electron chi connectivity index (χ2n) is 4.49. The highest BCUT2D eigenvalue weighted by Crippen LogP contribution is 2.15. The van der Waals surface area contributed by atoms with Crippen molar-refractivity contribution in [2.45, 2.75) is 51.9 Å². The lowest BCUT2D eigenvalue weighted by atomic mass is 10.1. The Morgan fingerprint density at radius 3 is 2.58 bits per heavy atom. The van der Waals surface area contributed by atoms with Crippen molar-refractivity contribution in [2.75, 3.05) is 0 Å². The molecule has 2 atom stereocenters. The fraction of sp³-hybridized carbons (Fsp3) is 0.500. The average molecular weight is 374 g/mol. The molecule has 0 aliphatic carbocycles. The molecule has 1 rings (SSSR count). The van der Waals surface area contributed by atoms with Crippen molar-refractivity contribution >= 4 is 22.6 Å². The van der Waals surface area contributed by atoms with Crippen molar-refractivity contribution in [2.24, 2.45) is 0 Å². The maximum atomic E-state index is 5.93. The zero-order valence-electron chi connectivity index (χ0n) is 11.7. The van der Waals surface area contributed by atoms with Crippen LogP contribution in [0.15, 0.2) is 40.5 Å². The first-order chi connectivity index (χ1) is 9.26. The first-order valence-electron chi connectivity index (χ1n) is 6.90. The van der Waals surface area contributed by atoms with Crippen molar-refractivity contribution in [1.29, 1.82) is 0 Å². The highest BCUT2D eigenvalue weighted by atomic mass is 127. The SMILES string of the molecule is CCCCC[C@@H](/C=C\I)OC(C)Oc1ccccc1. The van der Waals surface area contributed by atoms with E-state index >= 15 is 0 Å². The van der Waals surface area contributed by atoms with E-state index in [1.54, 1.807) is 0 Å². The minimum atomic E-state index is -0.235. The number of hydrogen-bond donors (Lipinski definition) is 0. The molecule has 0 saturated heterocycles. The molecule has 0 N–H and O–H groups in total. The molecule has 0 amide bonds. The summed E-state index contributed by atoms with van der Waals surface area (Å²) in [5.74, 6) is 0.848. The van der Waals surface area contributed by atoms with Crippen LogP contribution < -0.4 is 4.74 Å². The predicted molar refractivity (Wildman–Crippen MR) is 88.7 cm³/mol. The largest absolute Gasteiger partial charge is 0.465 e. The maximum Gasteiger partial charge on any atom is 0.197 e. The molecule has 1 aromatic carbocycles. The van der Waals surface area contributed by atoms with E-state index in [2.05, 4.69) is 35.6 Å². The van der Waals surface area contributed by atoms with Gasteiger partial charge in [0, 0.05) is 0 Å². The zero-order chi connectivity index (χ0) is 13.9. The molecule has 0 fully saturated rings. The van der Waals surface area contributed by atoms with Gasteiger partial charge in [0.05, 0.1) is 6.10 Å². The van der Waals surface area contributed by atoms with E-state index in [9.17, 15) is 0 Å². The molecule has 0 heterocycles. The van der Waals surface area contributed by atoms with E-state index in [-0.39, 0.29) is 12.4 Å². The molecular weight excluding hydrogens is 351 g/mol. The minimum Gasteiger partial charge on any atom is -0.465 e. The summed E-state index contributed by atoms with van der Waals surface area (Å²) < 4.78 is 13.7. The van der Waals surface area contributed by atoms with Gasteiger partial charge in [-0.05, 0) is 35.6 Å². The van der Waals surface area contributed by atoms with Crippen LogP contribution in [0.1, 0.15) is 39.5 Å². The van der Waals surface area contributed by atoms with Crippen LogP contribution in [0.3, 0.4) is 0 Å². The van der Waals surface area contributed by atoms with Gasteiger partial charge in [0.15, 0.2) is 6.29 Å². The Balaban J connectivity index is 2.40. The Morgan fingerprint density at radius 2 is 1.95 bits per heavy atom. The molecule has 0 saturated carbocycles. The average Bonchev–Trinajstić information content (AvgIpc) is 2.40. The predicted octanol–water partition coefficient (Wildman–Crippen LogP) is 5.33. The van der Waals surface area contributed by atoms with Crippen molar-refractivity contribution in [3.05, 3.63) is 40.5 Å². The molecule has 0 spiro atoms. The Bertz CT molecular complexity index is 351. The summed E-state index contributed by atoms with van der Waals surface area (Å²) in [6.07, 6.45) is 6.74. The third kappa shape index (κ3) is 7.57. The number of para-hydroxylation sites is 1. The highest BCUT2D eigenvalue weighted by Gasteiger charge is 2.11. The van der Waals surface area contributed by atoms with Crippen molar-refractivity contribution < 1.29 is 9.47 Å². The van der Waals surface area contributed by atoms with Crippen LogP contribution in [-0.2, 0) is 4.74 Å². The summed E-state index contributed by atoms with van der Waals surface area (Å²) in [7, 11) is 0. The van der Waals surface area contributed by atoms with E-state index in [0.29, 0.717) is 0 Å². The lowest BCUT2D eigenvalue weighted by Crippen LogP contribution is -2.23. The Hall–Kier alpha value is -0.550. The quantitative estimate of drug-likeness (QED) is 0.331. The lowest BCUT2D eigenvalue weighted by Gasteiger charge is -2.21. The zero-order valence-corrected chi connectivity index (χ0v) is 13.9. The number of benzene rings is 1. The first-order valence-corrected chi connectivity index (χ1v) is 8.15. The summed E-state index contributed by atoms with van der Waals surface area (Å²) in [6, 6.07) is 9.79. The van der Waals surface area contributed by atoms with Crippen LogP contribution in [-0.4, -0.2) is 12.4 Å². The topological polar surface area (TPSA) is 18.5 Å². The maximum absolute atomic E-state index is 5.93. The molecule has 0 radical (unpaired) electrons. The van der Waals surface area contributed by atoms with Gasteiger partial charge in [-0.15, -0.1) is 0 Å². The molecule has 1 unspecified atom stereocenters. The minimum absolute atomic E-state index is 0.141. The smallest absolute Gasteiger partial charge is 0.197 e. The van der Waals surface area contributed by atoms with Crippen LogP contribution >= 0.6 is 22.6 Å². The van der Waals surface area contributed by atoms with Gasteiger partial charge in [0.2, 0.25) is 0 Å². The van der Waals surface area contributed by atoms with Gasteiger partial charge in [-0.25, -0.2) is 0 Å². The Kier molecular flexibility index (Phi) is 8.91. The van der Waals surface area contributed by atoms with Crippen LogP contribution in [0.25, 0.3) is 0 Å². The second kappa shape index (κ2) is 10.3. The molecule has 0 bridgehead atoms. The molecule has 0 aliphatic rings. The van der Waals surface area contributed by atoms with Gasteiger partial charge < -0.3 is 9.47 Å². The van der Waals surface area contributed by atoms with E-state index < -0.39 is 0 Å². The summed E-state index contributed by atoms with van der Waals surface area (Å²) >= 11 is 2.23. The van der Waals surface area contributed by atoms with Gasteiger partial charge in [-0.2, -0.15) is 0 Å². The number of unbranched alkanes of at least 4 members (excludes halogenated alkanes) is 2. The van der Waals surface area contributed by atoms with Gasteiger partial charge in [-0.1, -0.05) is 67.0 Å². The molecule has 3 heteroatoms. The number of halogens is 1. The standard InChI is InChI=1S/C16H23IO2/c1-3-4-6-9-16(12-13-17)19-14(2)18-15-10-7-5-8-11-15/h5,7-8,10-14,16H,3-4,6,9H2,1-2H3/b13-12-/t14?,16-/m0/s1. The van der Waals surface area contributed by atoms with E-state index in [1.165, 1.54) is 19.3 Å². The normalized spacial score (nSPS) is 14.5. The molecule has 106 valence electrons. The fourth-order valence-corrected chi connectivity index (χ4v) is 2.31. The van der Waals surface area contributed by atoms with Gasteiger partial charge in [-0.3, -0.25) is 0 Å². The van der Waals surface area contributed by atoms with Crippen molar-refractivity contribution in [3.63, 3.8) is 0 Å². The van der Waals surface area contributed by atoms with Gasteiger partial charge in [0.25, 0.3) is 0 Å². The van der Waals surface area contributed by atoms with E-state index in [0.717, 1.165) is 12.2 Å².